The third-order valence-corrected chi connectivity index (χ3v) is 3.64. The van der Waals surface area contributed by atoms with Gasteiger partial charge < -0.3 is 15.2 Å². The average Bonchev–Trinajstić information content (AvgIpc) is 2.33. The van der Waals surface area contributed by atoms with Crippen LogP contribution in [0.2, 0.25) is 0 Å². The number of nitrogens with one attached hydrogen (secondary N) is 1. The van der Waals surface area contributed by atoms with Gasteiger partial charge in [0.05, 0.1) is 6.61 Å². The molecule has 1 saturated carbocycles. The molecule has 3 nitrogen and oxygen atoms in total. The first-order valence-corrected chi connectivity index (χ1v) is 7.16. The van der Waals surface area contributed by atoms with E-state index in [1.165, 1.54) is 25.7 Å². The van der Waals surface area contributed by atoms with E-state index in [1.807, 2.05) is 0 Å². The number of rotatable bonds is 8. The van der Waals surface area contributed by atoms with Crippen molar-refractivity contribution in [2.24, 2.45) is 11.8 Å². The van der Waals surface area contributed by atoms with Crippen molar-refractivity contribution >= 4 is 0 Å². The Morgan fingerprint density at radius 1 is 1.24 bits per heavy atom. The quantitative estimate of drug-likeness (QED) is 0.642. The van der Waals surface area contributed by atoms with Gasteiger partial charge in [0.25, 0.3) is 0 Å². The molecule has 2 unspecified atom stereocenters. The minimum Gasteiger partial charge on any atom is -0.396 e. The van der Waals surface area contributed by atoms with Crippen LogP contribution in [0.25, 0.3) is 0 Å². The van der Waals surface area contributed by atoms with E-state index in [-0.39, 0.29) is 0 Å². The first-order chi connectivity index (χ1) is 8.24. The normalized spacial score (nSPS) is 25.4. The Hall–Kier alpha value is -0.120. The highest BCUT2D eigenvalue weighted by Crippen LogP contribution is 2.23. The lowest BCUT2D eigenvalue weighted by Crippen LogP contribution is -2.41. The van der Waals surface area contributed by atoms with Crippen LogP contribution in [-0.2, 0) is 4.74 Å². The molecule has 2 N–H and O–H groups in total. The maximum Gasteiger partial charge on any atom is 0.0591 e. The first kappa shape index (κ1) is 14.9. The first-order valence-electron chi connectivity index (χ1n) is 7.16. The van der Waals surface area contributed by atoms with Gasteiger partial charge in [0.15, 0.2) is 0 Å². The molecule has 0 aliphatic heterocycles. The molecular formula is C14H29NO2. The average molecular weight is 243 g/mol. The van der Waals surface area contributed by atoms with Crippen LogP contribution in [0, 0.1) is 11.8 Å². The fourth-order valence-electron chi connectivity index (χ4n) is 2.43. The maximum absolute atomic E-state index is 9.29. The molecule has 3 heteroatoms. The maximum atomic E-state index is 9.29. The highest BCUT2D eigenvalue weighted by molar-refractivity contribution is 4.80. The van der Waals surface area contributed by atoms with Gasteiger partial charge in [0, 0.05) is 25.8 Å². The van der Waals surface area contributed by atoms with E-state index in [0.717, 1.165) is 32.1 Å². The fourth-order valence-corrected chi connectivity index (χ4v) is 2.43. The van der Waals surface area contributed by atoms with Crippen LogP contribution < -0.4 is 5.32 Å². The van der Waals surface area contributed by atoms with Gasteiger partial charge in [-0.15, -0.1) is 0 Å². The Labute approximate surface area is 106 Å². The van der Waals surface area contributed by atoms with E-state index in [1.54, 1.807) is 0 Å². The molecule has 0 bridgehead atoms. The summed E-state index contributed by atoms with van der Waals surface area (Å²) in [7, 11) is 0. The van der Waals surface area contributed by atoms with Crippen LogP contribution >= 0.6 is 0 Å². The Bertz CT molecular complexity index is 185. The number of aliphatic hydroxyl groups excluding tert-OH is 1. The van der Waals surface area contributed by atoms with Crippen molar-refractivity contribution in [3.05, 3.63) is 0 Å². The Morgan fingerprint density at radius 2 is 2.00 bits per heavy atom. The minimum absolute atomic E-state index is 0.325. The van der Waals surface area contributed by atoms with Gasteiger partial charge in [-0.3, -0.25) is 0 Å². The lowest BCUT2D eigenvalue weighted by molar-refractivity contribution is 0.110. The summed E-state index contributed by atoms with van der Waals surface area (Å²) in [5, 5.41) is 12.8. The predicted octanol–water partition coefficient (Wildman–Crippen LogP) is 2.19. The summed E-state index contributed by atoms with van der Waals surface area (Å²) in [6, 6.07) is 0.502. The second kappa shape index (κ2) is 8.90. The van der Waals surface area contributed by atoms with Crippen molar-refractivity contribution in [1.82, 2.24) is 5.32 Å². The van der Waals surface area contributed by atoms with Gasteiger partial charge in [-0.1, -0.05) is 26.7 Å². The molecule has 0 radical (unpaired) electrons. The third kappa shape index (κ3) is 6.39. The zero-order valence-electron chi connectivity index (χ0n) is 11.5. The summed E-state index contributed by atoms with van der Waals surface area (Å²) in [6.45, 7) is 7.34. The van der Waals surface area contributed by atoms with Crippen LogP contribution in [0.4, 0.5) is 0 Å². The smallest absolute Gasteiger partial charge is 0.0591 e. The van der Waals surface area contributed by atoms with E-state index in [9.17, 15) is 5.11 Å². The zero-order chi connectivity index (χ0) is 12.5. The minimum atomic E-state index is 0.325. The Morgan fingerprint density at radius 3 is 2.71 bits per heavy atom. The summed E-state index contributed by atoms with van der Waals surface area (Å²) in [5.74, 6) is 1.18. The highest BCUT2D eigenvalue weighted by Gasteiger charge is 2.23. The Balaban J connectivity index is 2.01. The summed E-state index contributed by atoms with van der Waals surface area (Å²) in [5.41, 5.74) is 0. The molecule has 0 amide bonds. The molecule has 0 aromatic carbocycles. The zero-order valence-corrected chi connectivity index (χ0v) is 11.5. The lowest BCUT2D eigenvalue weighted by atomic mass is 9.85. The Kier molecular flexibility index (Phi) is 7.82. The van der Waals surface area contributed by atoms with Crippen molar-refractivity contribution in [2.45, 2.75) is 52.0 Å². The van der Waals surface area contributed by atoms with Crippen molar-refractivity contribution in [3.8, 4) is 0 Å². The van der Waals surface area contributed by atoms with Crippen LogP contribution in [0.5, 0.6) is 0 Å². The number of hydrogen-bond acceptors (Lipinski definition) is 3. The molecule has 1 rings (SSSR count). The molecule has 2 atom stereocenters. The monoisotopic (exact) mass is 243 g/mol. The van der Waals surface area contributed by atoms with Crippen LogP contribution in [0.1, 0.15) is 46.0 Å². The summed E-state index contributed by atoms with van der Waals surface area (Å²) in [4.78, 5) is 0. The van der Waals surface area contributed by atoms with Crippen molar-refractivity contribution < 1.29 is 9.84 Å². The molecule has 1 aliphatic carbocycles. The van der Waals surface area contributed by atoms with E-state index in [2.05, 4.69) is 19.2 Å². The molecule has 17 heavy (non-hydrogen) atoms. The van der Waals surface area contributed by atoms with Crippen molar-refractivity contribution in [3.63, 3.8) is 0 Å². The van der Waals surface area contributed by atoms with Crippen LogP contribution in [-0.4, -0.2) is 37.5 Å². The molecule has 102 valence electrons. The topological polar surface area (TPSA) is 41.5 Å². The largest absolute Gasteiger partial charge is 0.396 e. The molecule has 1 aliphatic rings. The second-order valence-corrected chi connectivity index (χ2v) is 5.58. The van der Waals surface area contributed by atoms with Gasteiger partial charge in [-0.2, -0.15) is 0 Å². The summed E-state index contributed by atoms with van der Waals surface area (Å²) >= 11 is 0. The van der Waals surface area contributed by atoms with Gasteiger partial charge in [0.2, 0.25) is 0 Å². The molecule has 1 fully saturated rings. The van der Waals surface area contributed by atoms with E-state index in [4.69, 9.17) is 4.74 Å². The van der Waals surface area contributed by atoms with Crippen molar-refractivity contribution in [1.29, 1.82) is 0 Å². The van der Waals surface area contributed by atoms with E-state index >= 15 is 0 Å². The number of ether oxygens (including phenoxy) is 1. The molecular weight excluding hydrogens is 214 g/mol. The fraction of sp³-hybridized carbons (Fsp3) is 1.00. The lowest BCUT2D eigenvalue weighted by Gasteiger charge is -2.31. The SMILES string of the molecule is CC(C)CCOCCNC1CCCCC1CO. The highest BCUT2D eigenvalue weighted by atomic mass is 16.5. The van der Waals surface area contributed by atoms with Gasteiger partial charge in [-0.25, -0.2) is 0 Å². The molecule has 0 saturated heterocycles. The number of aliphatic hydroxyl groups is 1. The third-order valence-electron chi connectivity index (χ3n) is 3.64. The van der Waals surface area contributed by atoms with Gasteiger partial charge in [-0.05, 0) is 31.1 Å². The second-order valence-electron chi connectivity index (χ2n) is 5.58. The van der Waals surface area contributed by atoms with Gasteiger partial charge in [0.1, 0.15) is 0 Å². The van der Waals surface area contributed by atoms with E-state index < -0.39 is 0 Å². The standard InChI is InChI=1S/C14H29NO2/c1-12(2)7-9-17-10-8-15-14-6-4-3-5-13(14)11-16/h12-16H,3-11H2,1-2H3. The number of hydrogen-bond donors (Lipinski definition) is 2. The van der Waals surface area contributed by atoms with Crippen LogP contribution in [0.15, 0.2) is 0 Å². The molecule has 0 aromatic heterocycles. The van der Waals surface area contributed by atoms with E-state index in [0.29, 0.717) is 18.6 Å². The summed E-state index contributed by atoms with van der Waals surface area (Å²) < 4.78 is 5.58. The van der Waals surface area contributed by atoms with Crippen molar-refractivity contribution in [2.75, 3.05) is 26.4 Å². The molecule has 0 aromatic rings. The van der Waals surface area contributed by atoms with Gasteiger partial charge >= 0.3 is 0 Å². The molecule has 0 spiro atoms. The van der Waals surface area contributed by atoms with Crippen LogP contribution in [0.3, 0.4) is 0 Å². The summed E-state index contributed by atoms with van der Waals surface area (Å²) in [6.07, 6.45) is 6.08. The molecule has 0 heterocycles. The predicted molar refractivity (Wildman–Crippen MR) is 71.1 cm³/mol.